The van der Waals surface area contributed by atoms with E-state index >= 15 is 0 Å². The molecule has 0 atom stereocenters. The van der Waals surface area contributed by atoms with Crippen molar-refractivity contribution in [1.29, 1.82) is 0 Å². The average Bonchev–Trinajstić information content (AvgIpc) is 3.03. The highest BCUT2D eigenvalue weighted by Gasteiger charge is 2.14. The first kappa shape index (κ1) is 18.9. The Balaban J connectivity index is 1.69. The number of amides is 1. The molecule has 134 valence electrons. The zero-order valence-electron chi connectivity index (χ0n) is 14.6. The molecule has 0 aliphatic carbocycles. The molecule has 0 aliphatic heterocycles. The second-order valence-electron chi connectivity index (χ2n) is 5.77. The number of aryl methyl sites for hydroxylation is 1. The van der Waals surface area contributed by atoms with Crippen LogP contribution in [0.5, 0.6) is 0 Å². The third kappa shape index (κ3) is 4.64. The molecule has 0 spiro atoms. The van der Waals surface area contributed by atoms with Crippen LogP contribution in [0, 0.1) is 10.5 Å². The second kappa shape index (κ2) is 8.68. The van der Waals surface area contributed by atoms with Gasteiger partial charge in [0, 0.05) is 21.4 Å². The largest absolute Gasteiger partial charge is 0.325 e. The van der Waals surface area contributed by atoms with Crippen LogP contribution in [0.1, 0.15) is 12.5 Å². The Morgan fingerprint density at radius 2 is 2.00 bits per heavy atom. The number of carbonyl (C=O) groups is 1. The number of hydrogen-bond acceptors (Lipinski definition) is 4. The predicted molar refractivity (Wildman–Crippen MR) is 114 cm³/mol. The van der Waals surface area contributed by atoms with Gasteiger partial charge in [-0.2, -0.15) is 0 Å². The number of nitrogens with one attached hydrogen (secondary N) is 1. The van der Waals surface area contributed by atoms with E-state index in [1.165, 1.54) is 17.3 Å². The second-order valence-corrected chi connectivity index (χ2v) is 7.96. The van der Waals surface area contributed by atoms with Crippen LogP contribution < -0.4 is 5.32 Å². The van der Waals surface area contributed by atoms with Crippen LogP contribution in [0.2, 0.25) is 0 Å². The minimum absolute atomic E-state index is 0.0558. The summed E-state index contributed by atoms with van der Waals surface area (Å²) in [6, 6.07) is 15.9. The maximum atomic E-state index is 12.2. The van der Waals surface area contributed by atoms with E-state index in [9.17, 15) is 4.79 Å². The molecule has 5 nitrogen and oxygen atoms in total. The first-order chi connectivity index (χ1) is 12.6. The highest BCUT2D eigenvalue weighted by Crippen LogP contribution is 2.24. The maximum absolute atomic E-state index is 12.2. The van der Waals surface area contributed by atoms with Crippen molar-refractivity contribution in [2.75, 3.05) is 11.1 Å². The lowest BCUT2D eigenvalue weighted by molar-refractivity contribution is -0.113. The number of aromatic nitrogens is 3. The Kier molecular flexibility index (Phi) is 6.31. The van der Waals surface area contributed by atoms with Gasteiger partial charge in [0.15, 0.2) is 11.0 Å². The summed E-state index contributed by atoms with van der Waals surface area (Å²) in [6.07, 6.45) is 0. The Labute approximate surface area is 170 Å². The number of halogens is 1. The van der Waals surface area contributed by atoms with Gasteiger partial charge < -0.3 is 9.88 Å². The third-order valence-electron chi connectivity index (χ3n) is 3.75. The molecule has 1 aromatic heterocycles. The molecule has 2 aromatic carbocycles. The normalized spacial score (nSPS) is 10.7. The Morgan fingerprint density at radius 3 is 2.73 bits per heavy atom. The molecule has 7 heteroatoms. The van der Waals surface area contributed by atoms with Gasteiger partial charge in [-0.05, 0) is 60.7 Å². The van der Waals surface area contributed by atoms with Gasteiger partial charge in [0.2, 0.25) is 5.91 Å². The molecular weight excluding hydrogens is 459 g/mol. The summed E-state index contributed by atoms with van der Waals surface area (Å²) >= 11 is 3.62. The molecule has 0 bridgehead atoms. The van der Waals surface area contributed by atoms with Crippen LogP contribution in [0.15, 0.2) is 53.7 Å². The van der Waals surface area contributed by atoms with E-state index in [-0.39, 0.29) is 11.7 Å². The highest BCUT2D eigenvalue weighted by molar-refractivity contribution is 14.1. The molecule has 1 amide bonds. The quantitative estimate of drug-likeness (QED) is 0.416. The van der Waals surface area contributed by atoms with Crippen LogP contribution in [0.25, 0.3) is 11.4 Å². The van der Waals surface area contributed by atoms with Crippen molar-refractivity contribution in [3.05, 3.63) is 57.7 Å². The molecule has 0 radical (unpaired) electrons. The van der Waals surface area contributed by atoms with Crippen molar-refractivity contribution in [2.24, 2.45) is 0 Å². The number of rotatable bonds is 6. The summed E-state index contributed by atoms with van der Waals surface area (Å²) in [5.74, 6) is 1.06. The standard InChI is InChI=1S/C19H19IN4OS/c1-3-24-18(14-7-4-6-13(2)10-14)22-23-19(24)26-12-17(25)21-16-9-5-8-15(20)11-16/h4-11H,3,12H2,1-2H3,(H,21,25). The van der Waals surface area contributed by atoms with E-state index in [0.29, 0.717) is 0 Å². The molecule has 0 saturated carbocycles. The van der Waals surface area contributed by atoms with Gasteiger partial charge in [-0.15, -0.1) is 10.2 Å². The van der Waals surface area contributed by atoms with E-state index in [1.54, 1.807) is 0 Å². The van der Waals surface area contributed by atoms with Crippen LogP contribution in [0.4, 0.5) is 5.69 Å². The number of benzene rings is 2. The molecule has 26 heavy (non-hydrogen) atoms. The summed E-state index contributed by atoms with van der Waals surface area (Å²) in [4.78, 5) is 12.2. The van der Waals surface area contributed by atoms with E-state index in [1.807, 2.05) is 41.0 Å². The first-order valence-electron chi connectivity index (χ1n) is 8.25. The molecule has 1 N–H and O–H groups in total. The zero-order valence-corrected chi connectivity index (χ0v) is 17.5. The zero-order chi connectivity index (χ0) is 18.5. The summed E-state index contributed by atoms with van der Waals surface area (Å²) in [6.45, 7) is 4.86. The SMILES string of the molecule is CCn1c(SCC(=O)Nc2cccc(I)c2)nnc1-c1cccc(C)c1. The van der Waals surface area contributed by atoms with Crippen molar-refractivity contribution in [3.63, 3.8) is 0 Å². The maximum Gasteiger partial charge on any atom is 0.234 e. The van der Waals surface area contributed by atoms with Gasteiger partial charge >= 0.3 is 0 Å². The summed E-state index contributed by atoms with van der Waals surface area (Å²) in [7, 11) is 0. The topological polar surface area (TPSA) is 59.8 Å². The van der Waals surface area contributed by atoms with Gasteiger partial charge in [-0.1, -0.05) is 41.6 Å². The summed E-state index contributed by atoms with van der Waals surface area (Å²) in [5.41, 5.74) is 3.02. The number of hydrogen-bond donors (Lipinski definition) is 1. The van der Waals surface area contributed by atoms with Gasteiger partial charge in [0.05, 0.1) is 5.75 Å². The van der Waals surface area contributed by atoms with Crippen LogP contribution in [-0.2, 0) is 11.3 Å². The third-order valence-corrected chi connectivity index (χ3v) is 5.39. The van der Waals surface area contributed by atoms with Crippen molar-refractivity contribution in [2.45, 2.75) is 25.5 Å². The fourth-order valence-corrected chi connectivity index (χ4v) is 3.92. The van der Waals surface area contributed by atoms with Crippen molar-refractivity contribution < 1.29 is 4.79 Å². The number of carbonyl (C=O) groups excluding carboxylic acids is 1. The van der Waals surface area contributed by atoms with E-state index < -0.39 is 0 Å². The number of thioether (sulfide) groups is 1. The van der Waals surface area contributed by atoms with Gasteiger partial charge in [-0.3, -0.25) is 4.79 Å². The Hall–Kier alpha value is -1.87. The van der Waals surface area contributed by atoms with Crippen molar-refractivity contribution >= 4 is 45.9 Å². The van der Waals surface area contributed by atoms with Crippen molar-refractivity contribution in [3.8, 4) is 11.4 Å². The summed E-state index contributed by atoms with van der Waals surface area (Å²) in [5, 5.41) is 12.3. The van der Waals surface area contributed by atoms with Gasteiger partial charge in [-0.25, -0.2) is 0 Å². The smallest absolute Gasteiger partial charge is 0.234 e. The lowest BCUT2D eigenvalue weighted by Gasteiger charge is -2.08. The van der Waals surface area contributed by atoms with Gasteiger partial charge in [0.1, 0.15) is 0 Å². The number of anilines is 1. The molecular formula is C19H19IN4OS. The first-order valence-corrected chi connectivity index (χ1v) is 10.3. The van der Waals surface area contributed by atoms with E-state index in [4.69, 9.17) is 0 Å². The fourth-order valence-electron chi connectivity index (χ4n) is 2.57. The van der Waals surface area contributed by atoms with Gasteiger partial charge in [0.25, 0.3) is 0 Å². The highest BCUT2D eigenvalue weighted by atomic mass is 127. The minimum Gasteiger partial charge on any atom is -0.325 e. The minimum atomic E-state index is -0.0558. The van der Waals surface area contributed by atoms with Crippen molar-refractivity contribution in [1.82, 2.24) is 14.8 Å². The summed E-state index contributed by atoms with van der Waals surface area (Å²) < 4.78 is 3.12. The van der Waals surface area contributed by atoms with Crippen LogP contribution in [-0.4, -0.2) is 26.4 Å². The molecule has 0 fully saturated rings. The molecule has 1 heterocycles. The molecule has 0 aliphatic rings. The van der Waals surface area contributed by atoms with E-state index in [2.05, 4.69) is 64.1 Å². The fraction of sp³-hybridized carbons (Fsp3) is 0.211. The lowest BCUT2D eigenvalue weighted by Crippen LogP contribution is -2.14. The Morgan fingerprint density at radius 1 is 1.19 bits per heavy atom. The lowest BCUT2D eigenvalue weighted by atomic mass is 10.1. The number of nitrogens with zero attached hydrogens (tertiary/aromatic N) is 3. The molecule has 3 rings (SSSR count). The average molecular weight is 478 g/mol. The molecule has 3 aromatic rings. The monoisotopic (exact) mass is 478 g/mol. The van der Waals surface area contributed by atoms with E-state index in [0.717, 1.165) is 32.3 Å². The van der Waals surface area contributed by atoms with Crippen LogP contribution >= 0.6 is 34.4 Å². The molecule has 0 unspecified atom stereocenters. The van der Waals surface area contributed by atoms with Crippen LogP contribution in [0.3, 0.4) is 0 Å². The Bertz CT molecular complexity index is 925. The molecule has 0 saturated heterocycles. The predicted octanol–water partition coefficient (Wildman–Crippen LogP) is 4.61.